The van der Waals surface area contributed by atoms with E-state index in [9.17, 15) is 27.3 Å². The highest BCUT2D eigenvalue weighted by molar-refractivity contribution is 7.92. The van der Waals surface area contributed by atoms with Crippen LogP contribution in [-0.2, 0) is 20.1 Å². The van der Waals surface area contributed by atoms with Gasteiger partial charge in [0.25, 0.3) is 0 Å². The molecule has 0 bridgehead atoms. The van der Waals surface area contributed by atoms with Crippen molar-refractivity contribution in [1.82, 2.24) is 4.98 Å². The first-order valence-corrected chi connectivity index (χ1v) is 10.1. The predicted octanol–water partition coefficient (Wildman–Crippen LogP) is 2.22. The number of pyridine rings is 1. The summed E-state index contributed by atoms with van der Waals surface area (Å²) < 4.78 is 60.9. The molecule has 28 heavy (non-hydrogen) atoms. The third kappa shape index (κ3) is 4.97. The van der Waals surface area contributed by atoms with Crippen molar-refractivity contribution in [3.8, 4) is 0 Å². The number of aliphatic hydroxyl groups is 1. The van der Waals surface area contributed by atoms with Crippen LogP contribution in [0.5, 0.6) is 0 Å². The number of halogens is 3. The second-order valence-corrected chi connectivity index (χ2v) is 8.92. The topological polar surface area (TPSA) is 137 Å². The summed E-state index contributed by atoms with van der Waals surface area (Å²) >= 11 is 0. The Bertz CT molecular complexity index is 966. The van der Waals surface area contributed by atoms with Crippen LogP contribution in [0.15, 0.2) is 36.5 Å². The van der Waals surface area contributed by atoms with Crippen molar-refractivity contribution in [3.63, 3.8) is 0 Å². The Morgan fingerprint density at radius 1 is 1.25 bits per heavy atom. The van der Waals surface area contributed by atoms with Crippen molar-refractivity contribution < 1.29 is 32.4 Å². The second-order valence-electron chi connectivity index (χ2n) is 6.48. The maximum absolute atomic E-state index is 13.6. The molecule has 2 unspecified atom stereocenters. The van der Waals surface area contributed by atoms with Gasteiger partial charge in [-0.3, -0.25) is 14.6 Å². The number of carboxylic acid groups (broad SMARTS) is 1. The smallest absolute Gasteiger partial charge is 0.423 e. The van der Waals surface area contributed by atoms with Crippen molar-refractivity contribution in [1.29, 1.82) is 4.78 Å². The molecule has 2 rings (SSSR count). The summed E-state index contributed by atoms with van der Waals surface area (Å²) in [6.07, 6.45) is -5.29. The predicted molar refractivity (Wildman–Crippen MR) is 97.1 cm³/mol. The molecule has 154 valence electrons. The summed E-state index contributed by atoms with van der Waals surface area (Å²) in [5, 5.41) is 20.1. The number of nitrogens with two attached hydrogens (primary N) is 1. The van der Waals surface area contributed by atoms with Crippen LogP contribution >= 0.6 is 0 Å². The molecular formula is C17H20F3N3O4S. The van der Waals surface area contributed by atoms with Crippen LogP contribution in [0.3, 0.4) is 0 Å². The summed E-state index contributed by atoms with van der Waals surface area (Å²) in [5.41, 5.74) is 1.22. The van der Waals surface area contributed by atoms with Gasteiger partial charge in [0.05, 0.1) is 5.69 Å². The van der Waals surface area contributed by atoms with E-state index < -0.39 is 57.1 Å². The Morgan fingerprint density at radius 3 is 2.43 bits per heavy atom. The van der Waals surface area contributed by atoms with Gasteiger partial charge in [-0.05, 0) is 17.9 Å². The van der Waals surface area contributed by atoms with Crippen LogP contribution in [-0.4, -0.2) is 49.1 Å². The van der Waals surface area contributed by atoms with E-state index in [-0.39, 0.29) is 6.42 Å². The maximum Gasteiger partial charge on any atom is 0.423 e. The molecular weight excluding hydrogens is 399 g/mol. The zero-order valence-corrected chi connectivity index (χ0v) is 15.5. The molecule has 1 heterocycles. The molecule has 0 amide bonds. The minimum Gasteiger partial charge on any atom is -0.480 e. The molecule has 2 aromatic rings. The number of hydrogen-bond donors (Lipinski definition) is 4. The number of nitrogens with one attached hydrogen (secondary N) is 1. The Kier molecular flexibility index (Phi) is 6.31. The van der Waals surface area contributed by atoms with Gasteiger partial charge in [0.1, 0.15) is 6.04 Å². The van der Waals surface area contributed by atoms with Gasteiger partial charge in [-0.15, -0.1) is 0 Å². The number of carbonyl (C=O) groups is 1. The SMILES string of the molecule is N=S(=O)(CC[C@H](N)C(=O)O)CCC(O)(c1cc2ccccc2cn1)C(F)(F)F. The zero-order chi connectivity index (χ0) is 21.2. The molecule has 3 atom stereocenters. The lowest BCUT2D eigenvalue weighted by Crippen LogP contribution is -2.44. The number of aromatic nitrogens is 1. The lowest BCUT2D eigenvalue weighted by atomic mass is 9.94. The van der Waals surface area contributed by atoms with E-state index in [2.05, 4.69) is 4.98 Å². The number of rotatable bonds is 8. The molecule has 0 aliphatic heterocycles. The van der Waals surface area contributed by atoms with Crippen molar-refractivity contribution in [2.75, 3.05) is 11.5 Å². The average Bonchev–Trinajstić information content (AvgIpc) is 2.62. The van der Waals surface area contributed by atoms with Crippen LogP contribution in [0.2, 0.25) is 0 Å². The minimum absolute atomic E-state index is 0.323. The van der Waals surface area contributed by atoms with Gasteiger partial charge < -0.3 is 15.9 Å². The fourth-order valence-corrected chi connectivity index (χ4v) is 4.04. The summed E-state index contributed by atoms with van der Waals surface area (Å²) in [4.78, 5) is 14.4. The molecule has 0 fully saturated rings. The summed E-state index contributed by atoms with van der Waals surface area (Å²) in [5.74, 6) is -2.63. The van der Waals surface area contributed by atoms with Crippen LogP contribution < -0.4 is 5.73 Å². The van der Waals surface area contributed by atoms with Gasteiger partial charge in [0.15, 0.2) is 0 Å². The van der Waals surface area contributed by atoms with Crippen molar-refractivity contribution in [2.24, 2.45) is 5.73 Å². The molecule has 0 aliphatic carbocycles. The third-order valence-electron chi connectivity index (χ3n) is 4.39. The Labute approximate surface area is 159 Å². The second kappa shape index (κ2) is 8.02. The number of benzene rings is 1. The normalized spacial score (nSPS) is 17.6. The Hall–Kier alpha value is -2.24. The maximum atomic E-state index is 13.6. The van der Waals surface area contributed by atoms with E-state index in [4.69, 9.17) is 15.6 Å². The van der Waals surface area contributed by atoms with E-state index in [1.807, 2.05) is 0 Å². The summed E-state index contributed by atoms with van der Waals surface area (Å²) in [7, 11) is -3.59. The van der Waals surface area contributed by atoms with Crippen molar-refractivity contribution >= 4 is 26.5 Å². The standard InChI is InChI=1S/C17H20F3N3O4S/c18-17(19,20)16(26,6-8-28(22,27)7-5-13(21)15(24)25)14-9-11-3-1-2-4-12(11)10-23-14/h1-4,9-10,13,22,26H,5-8,21H2,(H,24,25)/t13-,16?,28?/m0/s1. The van der Waals surface area contributed by atoms with Crippen molar-refractivity contribution in [3.05, 3.63) is 42.2 Å². The molecule has 5 N–H and O–H groups in total. The Morgan fingerprint density at radius 2 is 1.86 bits per heavy atom. The fourth-order valence-electron chi connectivity index (χ4n) is 2.58. The minimum atomic E-state index is -5.12. The van der Waals surface area contributed by atoms with Gasteiger partial charge in [-0.1, -0.05) is 24.3 Å². The van der Waals surface area contributed by atoms with Gasteiger partial charge in [-0.2, -0.15) is 13.2 Å². The lowest BCUT2D eigenvalue weighted by molar-refractivity contribution is -0.268. The summed E-state index contributed by atoms with van der Waals surface area (Å²) in [6.45, 7) is 0. The highest BCUT2D eigenvalue weighted by Gasteiger charge is 2.56. The van der Waals surface area contributed by atoms with Gasteiger partial charge in [-0.25, -0.2) is 4.21 Å². The van der Waals surface area contributed by atoms with Gasteiger partial charge in [0.2, 0.25) is 5.60 Å². The quantitative estimate of drug-likeness (QED) is 0.518. The van der Waals surface area contributed by atoms with Crippen LogP contribution in [0.25, 0.3) is 10.8 Å². The summed E-state index contributed by atoms with van der Waals surface area (Å²) in [6, 6.07) is 6.28. The van der Waals surface area contributed by atoms with Crippen molar-refractivity contribution in [2.45, 2.75) is 30.7 Å². The van der Waals surface area contributed by atoms with Crippen LogP contribution in [0.4, 0.5) is 13.2 Å². The van der Waals surface area contributed by atoms with Crippen LogP contribution in [0, 0.1) is 4.78 Å². The monoisotopic (exact) mass is 419 g/mol. The molecule has 1 aromatic carbocycles. The number of aliphatic carboxylic acids is 1. The molecule has 0 saturated carbocycles. The molecule has 1 aromatic heterocycles. The molecule has 11 heteroatoms. The van der Waals surface area contributed by atoms with Gasteiger partial charge in [0, 0.05) is 39.2 Å². The lowest BCUT2D eigenvalue weighted by Gasteiger charge is -2.30. The number of hydrogen-bond acceptors (Lipinski definition) is 6. The highest BCUT2D eigenvalue weighted by atomic mass is 32.2. The van der Waals surface area contributed by atoms with E-state index >= 15 is 0 Å². The molecule has 0 spiro atoms. The Balaban J connectivity index is 2.26. The molecule has 0 radical (unpaired) electrons. The first-order chi connectivity index (χ1) is 12.9. The fraction of sp³-hybridized carbons (Fsp3) is 0.412. The zero-order valence-electron chi connectivity index (χ0n) is 14.6. The first kappa shape index (κ1) is 22.1. The van der Waals surface area contributed by atoms with E-state index in [1.54, 1.807) is 24.3 Å². The van der Waals surface area contributed by atoms with E-state index in [1.165, 1.54) is 6.20 Å². The largest absolute Gasteiger partial charge is 0.480 e. The van der Waals surface area contributed by atoms with Crippen LogP contribution in [0.1, 0.15) is 18.5 Å². The number of nitrogens with zero attached hydrogens (tertiary/aromatic N) is 1. The van der Waals surface area contributed by atoms with Gasteiger partial charge >= 0.3 is 12.1 Å². The third-order valence-corrected chi connectivity index (χ3v) is 6.15. The number of carboxylic acids is 1. The number of fused-ring (bicyclic) bond motifs is 1. The average molecular weight is 419 g/mol. The molecule has 7 nitrogen and oxygen atoms in total. The molecule has 0 aliphatic rings. The molecule has 0 saturated heterocycles. The van der Waals surface area contributed by atoms with E-state index in [0.717, 1.165) is 6.07 Å². The number of alkyl halides is 3. The first-order valence-electron chi connectivity index (χ1n) is 8.23. The highest BCUT2D eigenvalue weighted by Crippen LogP contribution is 2.41. The van der Waals surface area contributed by atoms with E-state index in [0.29, 0.717) is 10.8 Å².